The number of carbonyl (C=O) groups is 2. The molecule has 1 saturated heterocycles. The van der Waals surface area contributed by atoms with Crippen LogP contribution in [0.3, 0.4) is 0 Å². The van der Waals surface area contributed by atoms with E-state index in [0.29, 0.717) is 24.2 Å². The van der Waals surface area contributed by atoms with Gasteiger partial charge in [0.2, 0.25) is 5.91 Å². The average molecular weight is 353 g/mol. The van der Waals surface area contributed by atoms with Crippen molar-refractivity contribution in [3.8, 4) is 5.75 Å². The van der Waals surface area contributed by atoms with Gasteiger partial charge in [-0.05, 0) is 31.2 Å². The second-order valence-corrected chi connectivity index (χ2v) is 6.54. The normalized spacial score (nSPS) is 15.8. The number of hydrazone groups is 1. The molecule has 136 valence electrons. The molecule has 1 aliphatic rings. The van der Waals surface area contributed by atoms with Gasteiger partial charge in [0.1, 0.15) is 12.3 Å². The molecular weight excluding hydrogens is 330 g/mol. The summed E-state index contributed by atoms with van der Waals surface area (Å²) < 4.78 is 0. The maximum Gasteiger partial charge on any atom is 0.259 e. The number of likely N-dealkylation sites (tertiary alicyclic amines) is 1. The number of hydrogen-bond acceptors (Lipinski definition) is 4. The summed E-state index contributed by atoms with van der Waals surface area (Å²) in [5.41, 5.74) is 3.56. The van der Waals surface area contributed by atoms with E-state index in [4.69, 9.17) is 0 Å². The lowest BCUT2D eigenvalue weighted by atomic mass is 10.0. The fourth-order valence-electron chi connectivity index (χ4n) is 3.17. The first-order chi connectivity index (χ1) is 12.6. The van der Waals surface area contributed by atoms with Gasteiger partial charge in [-0.3, -0.25) is 9.59 Å². The van der Waals surface area contributed by atoms with Crippen LogP contribution in [0.5, 0.6) is 5.75 Å². The van der Waals surface area contributed by atoms with Crippen molar-refractivity contribution >= 4 is 28.3 Å². The van der Waals surface area contributed by atoms with Crippen molar-refractivity contribution in [2.75, 3.05) is 13.1 Å². The van der Waals surface area contributed by atoms with E-state index in [1.807, 2.05) is 30.3 Å². The number of aromatic hydroxyl groups is 1. The molecule has 0 bridgehead atoms. The Morgan fingerprint density at radius 1 is 1.19 bits per heavy atom. The molecule has 1 aliphatic heterocycles. The van der Waals surface area contributed by atoms with E-state index in [-0.39, 0.29) is 24.1 Å². The van der Waals surface area contributed by atoms with Gasteiger partial charge in [0.25, 0.3) is 5.91 Å². The van der Waals surface area contributed by atoms with Crippen LogP contribution in [0.1, 0.15) is 38.2 Å². The van der Waals surface area contributed by atoms with Gasteiger partial charge in [-0.2, -0.15) is 5.10 Å². The van der Waals surface area contributed by atoms with Crippen molar-refractivity contribution in [2.45, 2.75) is 32.6 Å². The first kappa shape index (κ1) is 17.9. The molecular formula is C20H23N3O3. The molecule has 6 heteroatoms. The monoisotopic (exact) mass is 353 g/mol. The summed E-state index contributed by atoms with van der Waals surface area (Å²) >= 11 is 0. The summed E-state index contributed by atoms with van der Waals surface area (Å²) in [6.45, 7) is 2.35. The lowest BCUT2D eigenvalue weighted by molar-refractivity contribution is -0.135. The molecule has 0 saturated carbocycles. The Balaban J connectivity index is 1.69. The Morgan fingerprint density at radius 2 is 2.00 bits per heavy atom. The van der Waals surface area contributed by atoms with Gasteiger partial charge in [0, 0.05) is 23.9 Å². The first-order valence-electron chi connectivity index (χ1n) is 8.88. The van der Waals surface area contributed by atoms with Crippen molar-refractivity contribution in [2.24, 2.45) is 5.10 Å². The maximum absolute atomic E-state index is 12.1. The number of amides is 2. The molecule has 0 radical (unpaired) electrons. The molecule has 2 amide bonds. The predicted molar refractivity (Wildman–Crippen MR) is 101 cm³/mol. The topological polar surface area (TPSA) is 82.0 Å². The molecule has 1 fully saturated rings. The third-order valence-electron chi connectivity index (χ3n) is 4.64. The molecule has 2 aromatic carbocycles. The van der Waals surface area contributed by atoms with Gasteiger partial charge in [-0.1, -0.05) is 36.8 Å². The molecule has 0 atom stereocenters. The quantitative estimate of drug-likeness (QED) is 0.655. The Morgan fingerprint density at radius 3 is 2.85 bits per heavy atom. The lowest BCUT2D eigenvalue weighted by Gasteiger charge is -2.19. The molecule has 3 rings (SSSR count). The summed E-state index contributed by atoms with van der Waals surface area (Å²) in [4.78, 5) is 25.7. The Labute approximate surface area is 152 Å². The zero-order chi connectivity index (χ0) is 18.5. The summed E-state index contributed by atoms with van der Waals surface area (Å²) in [7, 11) is 0. The van der Waals surface area contributed by atoms with Crippen LogP contribution in [0.15, 0.2) is 41.5 Å². The van der Waals surface area contributed by atoms with Crippen LogP contribution in [0.4, 0.5) is 0 Å². The van der Waals surface area contributed by atoms with Gasteiger partial charge < -0.3 is 10.0 Å². The van der Waals surface area contributed by atoms with Gasteiger partial charge in [-0.25, -0.2) is 5.43 Å². The van der Waals surface area contributed by atoms with Crippen LogP contribution in [0, 0.1) is 0 Å². The Kier molecular flexibility index (Phi) is 5.51. The number of rotatable bonds is 4. The number of phenolic OH excluding ortho intramolecular Hbond substituents is 1. The molecule has 0 aromatic heterocycles. The molecule has 26 heavy (non-hydrogen) atoms. The zero-order valence-electron chi connectivity index (χ0n) is 14.9. The largest absolute Gasteiger partial charge is 0.507 e. The fourth-order valence-corrected chi connectivity index (χ4v) is 3.17. The minimum absolute atomic E-state index is 0.0132. The SMILES string of the molecule is C/C(=N\NC(=O)CN1CCCCCC1=O)c1ccc2ccccc2c1O. The van der Waals surface area contributed by atoms with Crippen LogP contribution >= 0.6 is 0 Å². The minimum Gasteiger partial charge on any atom is -0.507 e. The molecule has 0 aliphatic carbocycles. The highest BCUT2D eigenvalue weighted by Gasteiger charge is 2.19. The summed E-state index contributed by atoms with van der Waals surface area (Å²) in [6, 6.07) is 11.2. The fraction of sp³-hybridized carbons (Fsp3) is 0.350. The van der Waals surface area contributed by atoms with Crippen molar-refractivity contribution < 1.29 is 14.7 Å². The number of nitrogens with one attached hydrogen (secondary N) is 1. The van der Waals surface area contributed by atoms with Crippen molar-refractivity contribution in [1.29, 1.82) is 0 Å². The highest BCUT2D eigenvalue weighted by molar-refractivity contribution is 6.06. The van der Waals surface area contributed by atoms with E-state index >= 15 is 0 Å². The first-order valence-corrected chi connectivity index (χ1v) is 8.88. The zero-order valence-corrected chi connectivity index (χ0v) is 14.9. The van der Waals surface area contributed by atoms with Crippen molar-refractivity contribution in [1.82, 2.24) is 10.3 Å². The number of benzene rings is 2. The smallest absolute Gasteiger partial charge is 0.259 e. The highest BCUT2D eigenvalue weighted by atomic mass is 16.3. The van der Waals surface area contributed by atoms with E-state index in [0.717, 1.165) is 30.0 Å². The van der Waals surface area contributed by atoms with E-state index < -0.39 is 0 Å². The van der Waals surface area contributed by atoms with Crippen LogP contribution in [0.25, 0.3) is 10.8 Å². The number of nitrogens with zero attached hydrogens (tertiary/aromatic N) is 2. The molecule has 2 aromatic rings. The Hall–Kier alpha value is -2.89. The van der Waals surface area contributed by atoms with Gasteiger partial charge in [-0.15, -0.1) is 0 Å². The summed E-state index contributed by atoms with van der Waals surface area (Å²) in [5.74, 6) is -0.174. The van der Waals surface area contributed by atoms with E-state index in [1.54, 1.807) is 17.9 Å². The van der Waals surface area contributed by atoms with Crippen molar-refractivity contribution in [3.63, 3.8) is 0 Å². The third kappa shape index (κ3) is 4.02. The predicted octanol–water partition coefficient (Wildman–Crippen LogP) is 2.79. The van der Waals surface area contributed by atoms with Crippen molar-refractivity contribution in [3.05, 3.63) is 42.0 Å². The average Bonchev–Trinajstić information content (AvgIpc) is 2.85. The summed E-state index contributed by atoms with van der Waals surface area (Å²) in [5, 5.41) is 16.2. The molecule has 1 heterocycles. The molecule has 6 nitrogen and oxygen atoms in total. The van der Waals surface area contributed by atoms with Crippen LogP contribution in [-0.2, 0) is 9.59 Å². The Bertz CT molecular complexity index is 861. The second kappa shape index (κ2) is 7.99. The number of hydrogen-bond donors (Lipinski definition) is 2. The van der Waals surface area contributed by atoms with Crippen LogP contribution < -0.4 is 5.43 Å². The second-order valence-electron chi connectivity index (χ2n) is 6.54. The van der Waals surface area contributed by atoms with Gasteiger partial charge >= 0.3 is 0 Å². The van der Waals surface area contributed by atoms with Gasteiger partial charge in [0.05, 0.1) is 5.71 Å². The van der Waals surface area contributed by atoms with Gasteiger partial charge in [0.15, 0.2) is 0 Å². The van der Waals surface area contributed by atoms with E-state index in [9.17, 15) is 14.7 Å². The number of carbonyl (C=O) groups excluding carboxylic acids is 2. The molecule has 0 spiro atoms. The highest BCUT2D eigenvalue weighted by Crippen LogP contribution is 2.28. The van der Waals surface area contributed by atoms with E-state index in [1.165, 1.54) is 0 Å². The molecule has 2 N–H and O–H groups in total. The standard InChI is InChI=1S/C20H23N3O3/c1-14(16-11-10-15-7-4-5-8-17(15)20(16)26)21-22-18(24)13-23-12-6-2-3-9-19(23)25/h4-5,7-8,10-11,26H,2-3,6,9,12-13H2,1H3,(H,22,24)/b21-14+. The number of fused-ring (bicyclic) bond motifs is 1. The lowest BCUT2D eigenvalue weighted by Crippen LogP contribution is -2.39. The molecule has 0 unspecified atom stereocenters. The van der Waals surface area contributed by atoms with Crippen LogP contribution in [0.2, 0.25) is 0 Å². The number of phenols is 1. The van der Waals surface area contributed by atoms with Crippen LogP contribution in [-0.4, -0.2) is 40.6 Å². The maximum atomic E-state index is 12.1. The minimum atomic E-state index is -0.333. The van der Waals surface area contributed by atoms with E-state index in [2.05, 4.69) is 10.5 Å². The third-order valence-corrected chi connectivity index (χ3v) is 4.64. The summed E-state index contributed by atoms with van der Waals surface area (Å²) in [6.07, 6.45) is 3.32.